The Morgan fingerprint density at radius 3 is 1.83 bits per heavy atom. The molecule has 1 aliphatic carbocycles. The molecule has 1 nitrogen and oxygen atoms in total. The molecular formula is C57H39N. The van der Waals surface area contributed by atoms with E-state index >= 15 is 0 Å². The van der Waals surface area contributed by atoms with Crippen LogP contribution in [-0.2, 0) is 5.41 Å². The smallest absolute Gasteiger partial charge is 0.0714 e. The van der Waals surface area contributed by atoms with Gasteiger partial charge in [0.25, 0.3) is 0 Å². The van der Waals surface area contributed by atoms with E-state index in [1.54, 1.807) is 12.1 Å². The van der Waals surface area contributed by atoms with E-state index in [9.17, 15) is 8.22 Å². The van der Waals surface area contributed by atoms with Crippen molar-refractivity contribution < 1.29 is 15.1 Å². The first-order valence-electron chi connectivity index (χ1n) is 24.7. The Labute approximate surface area is 355 Å². The highest BCUT2D eigenvalue weighted by molar-refractivity contribution is 6.00. The highest BCUT2D eigenvalue weighted by Gasteiger charge is 2.46. The van der Waals surface area contributed by atoms with Crippen molar-refractivity contribution in [3.63, 3.8) is 0 Å². The second-order valence-electron chi connectivity index (χ2n) is 14.4. The van der Waals surface area contributed by atoms with Crippen LogP contribution in [0.3, 0.4) is 0 Å². The van der Waals surface area contributed by atoms with Gasteiger partial charge >= 0.3 is 0 Å². The van der Waals surface area contributed by atoms with Crippen molar-refractivity contribution in [2.75, 3.05) is 4.90 Å². The van der Waals surface area contributed by atoms with E-state index in [0.717, 1.165) is 55.3 Å². The van der Waals surface area contributed by atoms with Crippen molar-refractivity contribution in [3.8, 4) is 33.4 Å². The lowest BCUT2D eigenvalue weighted by atomic mass is 9.67. The first-order chi connectivity index (χ1) is 33.4. The minimum Gasteiger partial charge on any atom is -0.310 e. The topological polar surface area (TPSA) is 3.24 Å². The molecule has 0 bridgehead atoms. The average molecular weight is 749 g/mol. The van der Waals surface area contributed by atoms with E-state index in [2.05, 4.69) is 36.4 Å². The number of hydrogen-bond acceptors (Lipinski definition) is 1. The first kappa shape index (κ1) is 24.2. The Balaban J connectivity index is 1.23. The van der Waals surface area contributed by atoms with Crippen molar-refractivity contribution in [1.29, 1.82) is 0 Å². The van der Waals surface area contributed by atoms with Gasteiger partial charge in [0, 0.05) is 16.8 Å². The molecule has 0 radical (unpaired) electrons. The normalized spacial score (nSPS) is 15.3. The van der Waals surface area contributed by atoms with Crippen LogP contribution in [-0.4, -0.2) is 0 Å². The molecule has 0 spiro atoms. The fourth-order valence-electron chi connectivity index (χ4n) is 8.79. The molecule has 0 saturated carbocycles. The number of anilines is 3. The van der Waals surface area contributed by atoms with Gasteiger partial charge in [-0.3, -0.25) is 0 Å². The van der Waals surface area contributed by atoms with E-state index in [1.165, 1.54) is 4.90 Å². The maximum Gasteiger partial charge on any atom is 0.0714 e. The Morgan fingerprint density at radius 1 is 0.362 bits per heavy atom. The molecule has 1 aliphatic rings. The summed E-state index contributed by atoms with van der Waals surface area (Å²) in [5.41, 5.74) is 6.43. The summed E-state index contributed by atoms with van der Waals surface area (Å²) in [6.45, 7) is 0. The predicted octanol–water partition coefficient (Wildman–Crippen LogP) is 15.2. The molecule has 1 heteroatoms. The maximum atomic E-state index is 9.90. The van der Waals surface area contributed by atoms with Crippen molar-refractivity contribution in [3.05, 3.63) is 259 Å². The van der Waals surface area contributed by atoms with Gasteiger partial charge in [-0.2, -0.15) is 0 Å². The number of fused-ring (bicyclic) bond motifs is 5. The molecular weight excluding hydrogens is 699 g/mol. The fraction of sp³-hybridized carbons (Fsp3) is 0.0175. The summed E-state index contributed by atoms with van der Waals surface area (Å²) in [5.74, 6) is 0. The average Bonchev–Trinajstić information content (AvgIpc) is 3.68. The number of hydrogen-bond donors (Lipinski definition) is 0. The molecule has 0 heterocycles. The summed E-state index contributed by atoms with van der Waals surface area (Å²) in [6.07, 6.45) is 0. The van der Waals surface area contributed by atoms with E-state index in [1.807, 2.05) is 121 Å². The molecule has 272 valence electrons. The molecule has 10 aromatic rings. The third kappa shape index (κ3) is 5.39. The largest absolute Gasteiger partial charge is 0.310 e. The lowest BCUT2D eigenvalue weighted by molar-refractivity contribution is 0.768. The molecule has 0 unspecified atom stereocenters. The number of nitrogens with zero attached hydrogens (tertiary/aromatic N) is 1. The van der Waals surface area contributed by atoms with Gasteiger partial charge in [-0.05, 0) is 108 Å². The first-order valence-corrected chi connectivity index (χ1v) is 19.2. The second kappa shape index (κ2) is 13.9. The highest BCUT2D eigenvalue weighted by Crippen LogP contribution is 2.57. The van der Waals surface area contributed by atoms with Crippen LogP contribution in [0.2, 0.25) is 0 Å². The Kier molecular flexibility index (Phi) is 5.81. The quantitative estimate of drug-likeness (QED) is 0.157. The van der Waals surface area contributed by atoms with Crippen molar-refractivity contribution in [2.45, 2.75) is 5.41 Å². The van der Waals surface area contributed by atoms with Gasteiger partial charge in [-0.15, -0.1) is 0 Å². The van der Waals surface area contributed by atoms with Gasteiger partial charge in [0.15, 0.2) is 0 Å². The summed E-state index contributed by atoms with van der Waals surface area (Å²) < 4.78 is 103. The van der Waals surface area contributed by atoms with Gasteiger partial charge in [-0.25, -0.2) is 0 Å². The predicted molar refractivity (Wildman–Crippen MR) is 244 cm³/mol. The van der Waals surface area contributed by atoms with Crippen LogP contribution in [0.25, 0.3) is 54.9 Å². The second-order valence-corrected chi connectivity index (χ2v) is 14.4. The minimum atomic E-state index is -0.940. The third-order valence-electron chi connectivity index (χ3n) is 11.3. The van der Waals surface area contributed by atoms with E-state index in [4.69, 9.17) is 6.85 Å². The highest BCUT2D eigenvalue weighted by atomic mass is 15.1. The van der Waals surface area contributed by atoms with Gasteiger partial charge in [-0.1, -0.05) is 200 Å². The number of benzene rings is 10. The van der Waals surface area contributed by atoms with Crippen molar-refractivity contribution >= 4 is 38.6 Å². The maximum absolute atomic E-state index is 9.90. The van der Waals surface area contributed by atoms with Gasteiger partial charge in [0.2, 0.25) is 0 Å². The molecule has 11 rings (SSSR count). The van der Waals surface area contributed by atoms with Crippen LogP contribution < -0.4 is 4.90 Å². The van der Waals surface area contributed by atoms with Crippen LogP contribution in [0.15, 0.2) is 236 Å². The SMILES string of the molecule is [2H]c1c([2H])c(N(c2ccc3c(c2)C(c2ccccc2)(c2ccccc2)c2ccccc2-3)c2c([2H])c([2H])c([2H])c3c([2H])c([2H])c([2H])c([2H])c23)c([2H])c([2H])c1-c1cccc(-c2cccc3ccccc23)c1. The zero-order chi connectivity index (χ0) is 48.0. The van der Waals surface area contributed by atoms with Crippen LogP contribution >= 0.6 is 0 Å². The summed E-state index contributed by atoms with van der Waals surface area (Å²) in [7, 11) is 0. The van der Waals surface area contributed by atoms with E-state index < -0.39 is 59.8 Å². The van der Waals surface area contributed by atoms with Gasteiger partial charge < -0.3 is 4.90 Å². The lowest BCUT2D eigenvalue weighted by Crippen LogP contribution is -2.28. The molecule has 58 heavy (non-hydrogen) atoms. The zero-order valence-electron chi connectivity index (χ0n) is 42.1. The zero-order valence-corrected chi connectivity index (χ0v) is 31.1. The van der Waals surface area contributed by atoms with E-state index in [-0.39, 0.29) is 45.5 Å². The van der Waals surface area contributed by atoms with Gasteiger partial charge in [0.05, 0.1) is 26.2 Å². The fourth-order valence-corrected chi connectivity index (χ4v) is 8.79. The summed E-state index contributed by atoms with van der Waals surface area (Å²) in [6, 6.07) is 49.0. The lowest BCUT2D eigenvalue weighted by Gasteiger charge is -2.35. The molecule has 0 N–H and O–H groups in total. The standard InChI is InChI=1S/C57H39N/c1-3-22-45(23-4-1)57(46-24-5-2-6-25-46)54-30-12-11-28-52(54)53-37-36-48(39-55(53)57)58(56-31-15-19-42-17-8-10-27-51(42)56)47-34-32-40(33-35-47)43-20-13-21-44(38-43)50-29-14-18-41-16-7-9-26-49(41)50/h1-39H/i8D,10D,15D,17D,19D,27D,31D,32D,33D,34D,35D. The molecule has 0 atom stereocenters. The molecule has 0 amide bonds. The van der Waals surface area contributed by atoms with Crippen LogP contribution in [0.5, 0.6) is 0 Å². The van der Waals surface area contributed by atoms with Crippen LogP contribution in [0.4, 0.5) is 17.1 Å². The van der Waals surface area contributed by atoms with Crippen molar-refractivity contribution in [2.24, 2.45) is 0 Å². The molecule has 10 aromatic carbocycles. The van der Waals surface area contributed by atoms with E-state index in [0.29, 0.717) is 5.56 Å². The summed E-state index contributed by atoms with van der Waals surface area (Å²) in [4.78, 5) is 1.34. The molecule has 0 fully saturated rings. The Hall–Kier alpha value is -7.48. The number of rotatable bonds is 7. The van der Waals surface area contributed by atoms with Gasteiger partial charge in [0.1, 0.15) is 0 Å². The Morgan fingerprint density at radius 2 is 1.00 bits per heavy atom. The minimum absolute atomic E-state index is 0.0351. The molecule has 0 aromatic heterocycles. The van der Waals surface area contributed by atoms with Crippen LogP contribution in [0.1, 0.15) is 37.3 Å². The Bertz CT molecular complexity index is 3680. The molecule has 0 saturated heterocycles. The summed E-state index contributed by atoms with van der Waals surface area (Å²) >= 11 is 0. The summed E-state index contributed by atoms with van der Waals surface area (Å²) in [5, 5.41) is 1.47. The monoisotopic (exact) mass is 748 g/mol. The third-order valence-corrected chi connectivity index (χ3v) is 11.3. The molecule has 0 aliphatic heterocycles. The van der Waals surface area contributed by atoms with Crippen LogP contribution in [0, 0.1) is 0 Å². The van der Waals surface area contributed by atoms with Crippen molar-refractivity contribution in [1.82, 2.24) is 0 Å².